The van der Waals surface area contributed by atoms with Crippen LogP contribution in [0.2, 0.25) is 11.1 Å². The zero-order valence-corrected chi connectivity index (χ0v) is 18.6. The molecule has 0 amide bonds. The molecule has 2 aromatic rings. The van der Waals surface area contributed by atoms with Gasteiger partial charge >= 0.3 is 0 Å². The average Bonchev–Trinajstić information content (AvgIpc) is 3.57. The van der Waals surface area contributed by atoms with Crippen molar-refractivity contribution in [2.75, 3.05) is 0 Å². The lowest BCUT2D eigenvalue weighted by atomic mass is 10.0. The Morgan fingerprint density at radius 2 is 1.21 bits per heavy atom. The molecule has 2 heteroatoms. The third kappa shape index (κ3) is 3.09. The van der Waals surface area contributed by atoms with Crippen LogP contribution in [0.4, 0.5) is 0 Å². The number of epoxide rings is 1. The van der Waals surface area contributed by atoms with Crippen molar-refractivity contribution in [3.63, 3.8) is 0 Å². The van der Waals surface area contributed by atoms with Crippen LogP contribution in [0.1, 0.15) is 46.5 Å². The molecule has 0 aromatic heterocycles. The van der Waals surface area contributed by atoms with Crippen LogP contribution in [0, 0.1) is 17.8 Å². The van der Waals surface area contributed by atoms with E-state index in [0.29, 0.717) is 17.2 Å². The highest BCUT2D eigenvalue weighted by atomic mass is 28.3. The van der Waals surface area contributed by atoms with E-state index in [0.717, 1.165) is 17.8 Å². The maximum Gasteiger partial charge on any atom is 0.123 e. The molecular weight excluding hydrogens is 356 g/mol. The molecule has 1 aliphatic heterocycles. The third-order valence-corrected chi connectivity index (χ3v) is 14.4. The number of rotatable bonds is 4. The first-order valence-electron chi connectivity index (χ1n) is 11.3. The first kappa shape index (κ1) is 18.6. The van der Waals surface area contributed by atoms with Crippen molar-refractivity contribution in [1.82, 2.24) is 0 Å². The second-order valence-corrected chi connectivity index (χ2v) is 15.3. The highest BCUT2D eigenvalue weighted by Gasteiger charge is 2.58. The van der Waals surface area contributed by atoms with Crippen molar-refractivity contribution in [3.05, 3.63) is 60.7 Å². The van der Waals surface area contributed by atoms with Gasteiger partial charge in [-0.3, -0.25) is 0 Å². The van der Waals surface area contributed by atoms with Crippen molar-refractivity contribution in [2.45, 2.75) is 69.7 Å². The summed E-state index contributed by atoms with van der Waals surface area (Å²) in [5.74, 6) is 2.82. The van der Waals surface area contributed by atoms with Crippen molar-refractivity contribution >= 4 is 18.4 Å². The van der Waals surface area contributed by atoms with Crippen LogP contribution in [0.15, 0.2) is 60.7 Å². The zero-order valence-electron chi connectivity index (χ0n) is 17.6. The molecule has 0 N–H and O–H groups in total. The molecule has 3 fully saturated rings. The Morgan fingerprint density at radius 3 is 1.64 bits per heavy atom. The summed E-state index contributed by atoms with van der Waals surface area (Å²) in [5.41, 5.74) is 0. The maximum absolute atomic E-state index is 5.84. The van der Waals surface area contributed by atoms with E-state index in [1.807, 2.05) is 0 Å². The van der Waals surface area contributed by atoms with Crippen molar-refractivity contribution in [3.8, 4) is 0 Å². The fraction of sp³-hybridized carbons (Fsp3) is 0.538. The molecule has 3 aliphatic rings. The Hall–Kier alpha value is -1.38. The van der Waals surface area contributed by atoms with Gasteiger partial charge in [-0.25, -0.2) is 0 Å². The molecule has 0 spiro atoms. The quantitative estimate of drug-likeness (QED) is 0.513. The van der Waals surface area contributed by atoms with Gasteiger partial charge in [0.25, 0.3) is 0 Å². The van der Waals surface area contributed by atoms with Crippen molar-refractivity contribution in [1.29, 1.82) is 0 Å². The van der Waals surface area contributed by atoms with Gasteiger partial charge in [0, 0.05) is 0 Å². The van der Waals surface area contributed by atoms with Gasteiger partial charge in [-0.15, -0.1) is 0 Å². The minimum Gasteiger partial charge on any atom is -0.370 e. The fourth-order valence-electron chi connectivity index (χ4n) is 6.46. The summed E-state index contributed by atoms with van der Waals surface area (Å²) >= 11 is 0. The molecule has 5 rings (SSSR count). The minimum absolute atomic E-state index is 0.291. The zero-order chi connectivity index (χ0) is 19.4. The number of hydrogen-bond acceptors (Lipinski definition) is 1. The summed E-state index contributed by atoms with van der Waals surface area (Å²) in [6.07, 6.45) is 6.63. The van der Waals surface area contributed by atoms with Gasteiger partial charge in [0.2, 0.25) is 0 Å². The van der Waals surface area contributed by atoms with Crippen LogP contribution in [0.25, 0.3) is 0 Å². The number of ether oxygens (including phenoxy) is 1. The summed E-state index contributed by atoms with van der Waals surface area (Å²) < 4.78 is 5.84. The molecule has 28 heavy (non-hydrogen) atoms. The Labute approximate surface area is 171 Å². The van der Waals surface area contributed by atoms with Crippen molar-refractivity contribution < 1.29 is 4.74 Å². The lowest BCUT2D eigenvalue weighted by Gasteiger charge is -2.45. The monoisotopic (exact) mass is 390 g/mol. The summed E-state index contributed by atoms with van der Waals surface area (Å²) in [5, 5.41) is 3.54. The molecule has 0 bridgehead atoms. The van der Waals surface area contributed by atoms with E-state index in [1.54, 1.807) is 10.4 Å². The normalized spacial score (nSPS) is 31.9. The Balaban J connectivity index is 1.53. The van der Waals surface area contributed by atoms with Gasteiger partial charge in [0.15, 0.2) is 0 Å². The number of benzene rings is 2. The fourth-order valence-corrected chi connectivity index (χ4v) is 12.4. The van der Waals surface area contributed by atoms with E-state index >= 15 is 0 Å². The number of fused-ring (bicyclic) bond motifs is 2. The molecular formula is C26H34OSi. The van der Waals surface area contributed by atoms with E-state index in [9.17, 15) is 0 Å². The lowest BCUT2D eigenvalue weighted by Crippen LogP contribution is -2.64. The second-order valence-electron chi connectivity index (χ2n) is 10.5. The Morgan fingerprint density at radius 1 is 0.750 bits per heavy atom. The van der Waals surface area contributed by atoms with E-state index in [4.69, 9.17) is 4.74 Å². The number of hydrogen-bond donors (Lipinski definition) is 0. The topological polar surface area (TPSA) is 12.5 Å². The maximum atomic E-state index is 5.84. The standard InChI is InChI=1S/C26H34OSi/c1-26(2,3)28(19-10-6-4-7-11-19,20-12-8-5-9-13-20)18-23-21-14-16-24-25(27-24)17-15-22(21)23/h4-13,21-25H,14-18H2,1-3H3/t21-,22+,23?,24+,25-. The average molecular weight is 391 g/mol. The van der Waals surface area contributed by atoms with Crippen LogP contribution in [-0.4, -0.2) is 20.3 Å². The molecule has 1 unspecified atom stereocenters. The first-order valence-corrected chi connectivity index (χ1v) is 13.5. The predicted molar refractivity (Wildman–Crippen MR) is 120 cm³/mol. The summed E-state index contributed by atoms with van der Waals surface area (Å²) in [7, 11) is -1.91. The highest BCUT2D eigenvalue weighted by Crippen LogP contribution is 2.60. The molecule has 2 aliphatic carbocycles. The van der Waals surface area contributed by atoms with Crippen molar-refractivity contribution in [2.24, 2.45) is 17.8 Å². The van der Waals surface area contributed by atoms with Gasteiger partial charge in [0.1, 0.15) is 8.07 Å². The molecule has 1 saturated heterocycles. The lowest BCUT2D eigenvalue weighted by molar-refractivity contribution is 0.352. The summed E-state index contributed by atoms with van der Waals surface area (Å²) in [6, 6.07) is 24.5. The molecule has 0 radical (unpaired) electrons. The first-order chi connectivity index (χ1) is 13.5. The molecule has 148 valence electrons. The van der Waals surface area contributed by atoms with Crippen LogP contribution in [0.3, 0.4) is 0 Å². The van der Waals surface area contributed by atoms with E-state index in [1.165, 1.54) is 31.7 Å². The smallest absolute Gasteiger partial charge is 0.123 e. The summed E-state index contributed by atoms with van der Waals surface area (Å²) in [4.78, 5) is 0. The minimum atomic E-state index is -1.91. The van der Waals surface area contributed by atoms with Gasteiger partial charge < -0.3 is 4.74 Å². The van der Waals surface area contributed by atoms with Crippen LogP contribution < -0.4 is 10.4 Å². The van der Waals surface area contributed by atoms with Gasteiger partial charge in [-0.2, -0.15) is 0 Å². The third-order valence-electron chi connectivity index (χ3n) is 8.12. The van der Waals surface area contributed by atoms with E-state index < -0.39 is 8.07 Å². The molecule has 1 heterocycles. The predicted octanol–water partition coefficient (Wildman–Crippen LogP) is 5.25. The van der Waals surface area contributed by atoms with E-state index in [-0.39, 0.29) is 0 Å². The van der Waals surface area contributed by atoms with Gasteiger partial charge in [-0.05, 0) is 54.5 Å². The van der Waals surface area contributed by atoms with Crippen LogP contribution in [-0.2, 0) is 4.74 Å². The summed E-state index contributed by atoms with van der Waals surface area (Å²) in [6.45, 7) is 7.52. The van der Waals surface area contributed by atoms with Gasteiger partial charge in [-0.1, -0.05) is 91.8 Å². The Bertz CT molecular complexity index is 752. The highest BCUT2D eigenvalue weighted by molar-refractivity contribution is 7.04. The second kappa shape index (κ2) is 6.85. The van der Waals surface area contributed by atoms with Crippen LogP contribution in [0.5, 0.6) is 0 Å². The molecule has 2 aromatic carbocycles. The van der Waals surface area contributed by atoms with E-state index in [2.05, 4.69) is 81.4 Å². The largest absolute Gasteiger partial charge is 0.370 e. The van der Waals surface area contributed by atoms with Crippen LogP contribution >= 0.6 is 0 Å². The SMILES string of the molecule is CC(C)(C)[Si](CC1[C@H]2CC[C@H]3O[C@H]3CC[C@@H]12)(c1ccccc1)c1ccccc1. The van der Waals surface area contributed by atoms with Gasteiger partial charge in [0.05, 0.1) is 12.2 Å². The molecule has 1 nitrogen and oxygen atoms in total. The molecule has 2 saturated carbocycles. The Kier molecular flexibility index (Phi) is 4.56. The molecule has 5 atom stereocenters.